The summed E-state index contributed by atoms with van der Waals surface area (Å²) in [6.07, 6.45) is 2.50. The second-order valence-corrected chi connectivity index (χ2v) is 4.94. The van der Waals surface area contributed by atoms with Crippen molar-refractivity contribution in [3.63, 3.8) is 0 Å². The molecule has 1 saturated heterocycles. The quantitative estimate of drug-likeness (QED) is 0.867. The molecule has 0 spiro atoms. The maximum absolute atomic E-state index is 11.3. The average molecular weight is 263 g/mol. The van der Waals surface area contributed by atoms with Gasteiger partial charge in [0.15, 0.2) is 0 Å². The maximum atomic E-state index is 11.3. The molecule has 5 heteroatoms. The first-order valence-corrected chi connectivity index (χ1v) is 6.68. The Kier molecular flexibility index (Phi) is 4.37. The highest BCUT2D eigenvalue weighted by Gasteiger charge is 2.19. The second-order valence-electron chi connectivity index (χ2n) is 4.94. The van der Waals surface area contributed by atoms with Gasteiger partial charge in [-0.1, -0.05) is 0 Å². The van der Waals surface area contributed by atoms with Crippen LogP contribution in [0.5, 0.6) is 0 Å². The minimum Gasteiger partial charge on any atom is -0.396 e. The van der Waals surface area contributed by atoms with Crippen LogP contribution in [0.3, 0.4) is 0 Å². The number of aliphatic hydroxyl groups is 1. The number of amides is 1. The van der Waals surface area contributed by atoms with Crippen molar-refractivity contribution in [3.05, 3.63) is 23.4 Å². The molecular weight excluding hydrogens is 242 g/mol. The zero-order valence-corrected chi connectivity index (χ0v) is 11.6. The van der Waals surface area contributed by atoms with E-state index in [1.54, 1.807) is 6.92 Å². The van der Waals surface area contributed by atoms with Gasteiger partial charge in [0.1, 0.15) is 5.82 Å². The van der Waals surface area contributed by atoms with E-state index < -0.39 is 0 Å². The Morgan fingerprint density at radius 1 is 1.37 bits per heavy atom. The van der Waals surface area contributed by atoms with Gasteiger partial charge in [-0.3, -0.25) is 4.79 Å². The summed E-state index contributed by atoms with van der Waals surface area (Å²) in [6, 6.07) is 2.06. The number of anilines is 1. The van der Waals surface area contributed by atoms with Crippen molar-refractivity contribution < 1.29 is 9.90 Å². The van der Waals surface area contributed by atoms with Gasteiger partial charge in [0.25, 0.3) is 0 Å². The normalized spacial score (nSPS) is 15.7. The van der Waals surface area contributed by atoms with Crippen LogP contribution in [0, 0.1) is 6.92 Å². The standard InChI is InChI=1S/C14H21N3O2/c1-11-9-14(15-10-13(11)3-8-18)17-6-4-16(5-7-17)12(2)19/h9-10,18H,3-8H2,1-2H3. The van der Waals surface area contributed by atoms with Crippen molar-refractivity contribution in [2.24, 2.45) is 0 Å². The first-order valence-electron chi connectivity index (χ1n) is 6.68. The Bertz CT molecular complexity index is 454. The largest absolute Gasteiger partial charge is 0.396 e. The smallest absolute Gasteiger partial charge is 0.219 e. The number of aromatic nitrogens is 1. The number of hydrogen-bond acceptors (Lipinski definition) is 4. The Morgan fingerprint density at radius 3 is 2.58 bits per heavy atom. The molecule has 1 fully saturated rings. The third kappa shape index (κ3) is 3.23. The van der Waals surface area contributed by atoms with Gasteiger partial charge >= 0.3 is 0 Å². The number of pyridine rings is 1. The number of rotatable bonds is 3. The van der Waals surface area contributed by atoms with Gasteiger partial charge < -0.3 is 14.9 Å². The lowest BCUT2D eigenvalue weighted by Gasteiger charge is -2.35. The molecule has 1 N–H and O–H groups in total. The molecule has 1 aliphatic heterocycles. The third-order valence-electron chi connectivity index (χ3n) is 3.63. The minimum absolute atomic E-state index is 0.141. The number of hydrogen-bond donors (Lipinski definition) is 1. The average Bonchev–Trinajstić information content (AvgIpc) is 2.41. The van der Waals surface area contributed by atoms with E-state index in [1.807, 2.05) is 18.0 Å². The number of carbonyl (C=O) groups excluding carboxylic acids is 1. The van der Waals surface area contributed by atoms with Crippen LogP contribution in [0.4, 0.5) is 5.82 Å². The van der Waals surface area contributed by atoms with E-state index in [2.05, 4.69) is 16.0 Å². The molecule has 0 aromatic carbocycles. The molecule has 0 unspecified atom stereocenters. The molecule has 5 nitrogen and oxygen atoms in total. The Morgan fingerprint density at radius 2 is 2.05 bits per heavy atom. The third-order valence-corrected chi connectivity index (χ3v) is 3.63. The zero-order valence-electron chi connectivity index (χ0n) is 11.6. The van der Waals surface area contributed by atoms with Crippen LogP contribution in [-0.4, -0.2) is 53.7 Å². The fraction of sp³-hybridized carbons (Fsp3) is 0.571. The SMILES string of the molecule is CC(=O)N1CCN(c2cc(C)c(CCO)cn2)CC1. The lowest BCUT2D eigenvalue weighted by Crippen LogP contribution is -2.48. The van der Waals surface area contributed by atoms with Crippen LogP contribution in [0.1, 0.15) is 18.1 Å². The number of aryl methyl sites for hydroxylation is 1. The summed E-state index contributed by atoms with van der Waals surface area (Å²) in [7, 11) is 0. The molecule has 0 bridgehead atoms. The van der Waals surface area contributed by atoms with Crippen LogP contribution in [-0.2, 0) is 11.2 Å². The topological polar surface area (TPSA) is 56.7 Å². The molecule has 0 aliphatic carbocycles. The predicted octanol–water partition coefficient (Wildman–Crippen LogP) is 0.593. The van der Waals surface area contributed by atoms with Crippen molar-refractivity contribution in [1.29, 1.82) is 0 Å². The summed E-state index contributed by atoms with van der Waals surface area (Å²) in [6.45, 7) is 6.97. The van der Waals surface area contributed by atoms with E-state index in [1.165, 1.54) is 0 Å². The highest BCUT2D eigenvalue weighted by molar-refractivity contribution is 5.73. The summed E-state index contributed by atoms with van der Waals surface area (Å²) in [5, 5.41) is 8.97. The van der Waals surface area contributed by atoms with Gasteiger partial charge in [-0.25, -0.2) is 4.98 Å². The maximum Gasteiger partial charge on any atom is 0.219 e. The lowest BCUT2D eigenvalue weighted by molar-refractivity contribution is -0.129. The van der Waals surface area contributed by atoms with Gasteiger partial charge in [0.2, 0.25) is 5.91 Å². The Labute approximate surface area is 113 Å². The van der Waals surface area contributed by atoms with Crippen molar-refractivity contribution in [3.8, 4) is 0 Å². The molecule has 2 rings (SSSR count). The van der Waals surface area contributed by atoms with Crippen LogP contribution < -0.4 is 4.90 Å². The Hall–Kier alpha value is -1.62. The van der Waals surface area contributed by atoms with Crippen molar-refractivity contribution in [2.45, 2.75) is 20.3 Å². The van der Waals surface area contributed by atoms with Crippen LogP contribution >= 0.6 is 0 Å². The summed E-state index contributed by atoms with van der Waals surface area (Å²) in [5.74, 6) is 1.10. The molecule has 1 aromatic rings. The molecule has 1 amide bonds. The number of piperazine rings is 1. The predicted molar refractivity (Wildman–Crippen MR) is 74.2 cm³/mol. The van der Waals surface area contributed by atoms with E-state index in [4.69, 9.17) is 5.11 Å². The fourth-order valence-corrected chi connectivity index (χ4v) is 2.38. The van der Waals surface area contributed by atoms with Crippen LogP contribution in [0.15, 0.2) is 12.3 Å². The summed E-state index contributed by atoms with van der Waals surface area (Å²) < 4.78 is 0. The van der Waals surface area contributed by atoms with E-state index in [9.17, 15) is 4.79 Å². The van der Waals surface area contributed by atoms with Gasteiger partial charge in [0.05, 0.1) is 0 Å². The van der Waals surface area contributed by atoms with Gasteiger partial charge in [0, 0.05) is 45.9 Å². The number of aliphatic hydroxyl groups excluding tert-OH is 1. The first kappa shape index (κ1) is 13.8. The van der Waals surface area contributed by atoms with Crippen molar-refractivity contribution >= 4 is 11.7 Å². The van der Waals surface area contributed by atoms with E-state index in [0.29, 0.717) is 6.42 Å². The molecular formula is C14H21N3O2. The van der Waals surface area contributed by atoms with E-state index in [-0.39, 0.29) is 12.5 Å². The summed E-state index contributed by atoms with van der Waals surface area (Å²) in [4.78, 5) is 19.8. The molecule has 1 aromatic heterocycles. The fourth-order valence-electron chi connectivity index (χ4n) is 2.38. The highest BCUT2D eigenvalue weighted by atomic mass is 16.3. The minimum atomic E-state index is 0.141. The van der Waals surface area contributed by atoms with E-state index >= 15 is 0 Å². The van der Waals surface area contributed by atoms with Gasteiger partial charge in [-0.2, -0.15) is 0 Å². The zero-order chi connectivity index (χ0) is 13.8. The lowest BCUT2D eigenvalue weighted by atomic mass is 10.1. The molecule has 0 radical (unpaired) electrons. The molecule has 1 aliphatic rings. The molecule has 0 saturated carbocycles. The van der Waals surface area contributed by atoms with Crippen LogP contribution in [0.2, 0.25) is 0 Å². The molecule has 19 heavy (non-hydrogen) atoms. The molecule has 0 atom stereocenters. The van der Waals surface area contributed by atoms with Crippen LogP contribution in [0.25, 0.3) is 0 Å². The second kappa shape index (κ2) is 6.02. The number of carbonyl (C=O) groups is 1. The highest BCUT2D eigenvalue weighted by Crippen LogP contribution is 2.18. The summed E-state index contributed by atoms with van der Waals surface area (Å²) >= 11 is 0. The van der Waals surface area contributed by atoms with Crippen molar-refractivity contribution in [1.82, 2.24) is 9.88 Å². The monoisotopic (exact) mass is 263 g/mol. The summed E-state index contributed by atoms with van der Waals surface area (Å²) in [5.41, 5.74) is 2.25. The van der Waals surface area contributed by atoms with Gasteiger partial charge in [-0.05, 0) is 30.5 Å². The molecule has 2 heterocycles. The van der Waals surface area contributed by atoms with Crippen molar-refractivity contribution in [2.75, 3.05) is 37.7 Å². The Balaban J connectivity index is 2.03. The molecule has 104 valence electrons. The van der Waals surface area contributed by atoms with Gasteiger partial charge in [-0.15, -0.1) is 0 Å². The number of nitrogens with zero attached hydrogens (tertiary/aromatic N) is 3. The van der Waals surface area contributed by atoms with E-state index in [0.717, 1.165) is 43.1 Å². The first-order chi connectivity index (χ1) is 9.11.